The molecular formula is C17H22ClN3O2. The van der Waals surface area contributed by atoms with E-state index in [-0.39, 0.29) is 12.0 Å². The van der Waals surface area contributed by atoms with Crippen molar-refractivity contribution in [3.63, 3.8) is 0 Å². The first kappa shape index (κ1) is 16.1. The molecule has 2 aromatic rings. The largest absolute Gasteiger partial charge is 0.444 e. The van der Waals surface area contributed by atoms with Crippen molar-refractivity contribution in [3.8, 4) is 0 Å². The van der Waals surface area contributed by atoms with Gasteiger partial charge in [-0.05, 0) is 45.7 Å². The number of piperidine rings is 1. The van der Waals surface area contributed by atoms with Gasteiger partial charge in [0, 0.05) is 19.0 Å². The summed E-state index contributed by atoms with van der Waals surface area (Å²) in [6.07, 6.45) is 1.68. The van der Waals surface area contributed by atoms with Crippen LogP contribution in [0.15, 0.2) is 18.2 Å². The number of aromatic amines is 1. The van der Waals surface area contributed by atoms with Crippen LogP contribution in [0.3, 0.4) is 0 Å². The van der Waals surface area contributed by atoms with Gasteiger partial charge in [0.2, 0.25) is 0 Å². The van der Waals surface area contributed by atoms with Crippen molar-refractivity contribution in [2.75, 3.05) is 13.1 Å². The van der Waals surface area contributed by atoms with Crippen LogP contribution in [0.5, 0.6) is 0 Å². The number of carbonyl (C=O) groups is 1. The highest BCUT2D eigenvalue weighted by Gasteiger charge is 2.29. The smallest absolute Gasteiger partial charge is 0.410 e. The van der Waals surface area contributed by atoms with Crippen LogP contribution in [-0.2, 0) is 4.74 Å². The number of para-hydroxylation sites is 1. The van der Waals surface area contributed by atoms with E-state index in [2.05, 4.69) is 9.97 Å². The van der Waals surface area contributed by atoms with Gasteiger partial charge in [-0.1, -0.05) is 17.7 Å². The summed E-state index contributed by atoms with van der Waals surface area (Å²) in [4.78, 5) is 22.0. The van der Waals surface area contributed by atoms with Crippen LogP contribution in [0, 0.1) is 0 Å². The molecule has 0 radical (unpaired) electrons. The Labute approximate surface area is 141 Å². The Morgan fingerprint density at radius 2 is 2.22 bits per heavy atom. The molecule has 23 heavy (non-hydrogen) atoms. The number of aromatic nitrogens is 2. The first-order chi connectivity index (χ1) is 10.8. The Morgan fingerprint density at radius 3 is 2.91 bits per heavy atom. The van der Waals surface area contributed by atoms with Crippen LogP contribution < -0.4 is 0 Å². The lowest BCUT2D eigenvalue weighted by molar-refractivity contribution is 0.0196. The van der Waals surface area contributed by atoms with Gasteiger partial charge in [-0.3, -0.25) is 0 Å². The molecule has 0 bridgehead atoms. The average molecular weight is 336 g/mol. The third-order valence-electron chi connectivity index (χ3n) is 3.94. The van der Waals surface area contributed by atoms with Crippen molar-refractivity contribution in [2.24, 2.45) is 0 Å². The fourth-order valence-electron chi connectivity index (χ4n) is 2.90. The Kier molecular flexibility index (Phi) is 4.23. The van der Waals surface area contributed by atoms with E-state index >= 15 is 0 Å². The summed E-state index contributed by atoms with van der Waals surface area (Å²) in [5, 5.41) is 0.643. The molecule has 1 N–H and O–H groups in total. The highest BCUT2D eigenvalue weighted by Crippen LogP contribution is 2.29. The molecule has 0 spiro atoms. The zero-order chi connectivity index (χ0) is 16.6. The van der Waals surface area contributed by atoms with Crippen molar-refractivity contribution in [2.45, 2.75) is 45.1 Å². The second kappa shape index (κ2) is 6.04. The standard InChI is InChI=1S/C17H22ClN3O2/c1-17(2,3)23-16(22)21-9-5-6-11(10-21)15-19-13-8-4-7-12(18)14(13)20-15/h4,7-8,11H,5-6,9-10H2,1-3H3,(H,19,20)/t11-/m1/s1. The van der Waals surface area contributed by atoms with Gasteiger partial charge in [-0.15, -0.1) is 0 Å². The van der Waals surface area contributed by atoms with E-state index in [4.69, 9.17) is 16.3 Å². The number of amides is 1. The molecule has 124 valence electrons. The molecule has 0 aliphatic carbocycles. The summed E-state index contributed by atoms with van der Waals surface area (Å²) in [5.41, 5.74) is 1.25. The Morgan fingerprint density at radius 1 is 1.43 bits per heavy atom. The monoisotopic (exact) mass is 335 g/mol. The number of benzene rings is 1. The predicted molar refractivity (Wildman–Crippen MR) is 90.9 cm³/mol. The zero-order valence-electron chi connectivity index (χ0n) is 13.7. The molecule has 1 aliphatic rings. The third kappa shape index (κ3) is 3.61. The van der Waals surface area contributed by atoms with Gasteiger partial charge >= 0.3 is 6.09 Å². The minimum Gasteiger partial charge on any atom is -0.444 e. The van der Waals surface area contributed by atoms with E-state index in [1.807, 2.05) is 39.0 Å². The molecule has 1 aromatic carbocycles. The number of imidazole rings is 1. The number of likely N-dealkylation sites (tertiary alicyclic amines) is 1. The fraction of sp³-hybridized carbons (Fsp3) is 0.529. The molecule has 6 heteroatoms. The van der Waals surface area contributed by atoms with Gasteiger partial charge in [0.25, 0.3) is 0 Å². The molecular weight excluding hydrogens is 314 g/mol. The maximum absolute atomic E-state index is 12.3. The average Bonchev–Trinajstić information content (AvgIpc) is 2.91. The number of H-pyrrole nitrogens is 1. The minimum atomic E-state index is -0.475. The fourth-order valence-corrected chi connectivity index (χ4v) is 3.12. The summed E-state index contributed by atoms with van der Waals surface area (Å²) in [5.74, 6) is 1.07. The number of nitrogens with zero attached hydrogens (tertiary/aromatic N) is 2. The number of ether oxygens (including phenoxy) is 1. The molecule has 0 saturated carbocycles. The second-order valence-corrected chi connectivity index (χ2v) is 7.43. The molecule has 2 heterocycles. The van der Waals surface area contributed by atoms with Crippen LogP contribution >= 0.6 is 11.6 Å². The highest BCUT2D eigenvalue weighted by molar-refractivity contribution is 6.34. The maximum atomic E-state index is 12.3. The Bertz CT molecular complexity index is 720. The topological polar surface area (TPSA) is 58.2 Å². The Balaban J connectivity index is 1.77. The van der Waals surface area contributed by atoms with Gasteiger partial charge in [-0.25, -0.2) is 9.78 Å². The van der Waals surface area contributed by atoms with Crippen LogP contribution in [-0.4, -0.2) is 39.7 Å². The Hall–Kier alpha value is -1.75. The molecule has 3 rings (SSSR count). The van der Waals surface area contributed by atoms with Gasteiger partial charge in [-0.2, -0.15) is 0 Å². The summed E-state index contributed by atoms with van der Waals surface area (Å²) in [6.45, 7) is 6.99. The maximum Gasteiger partial charge on any atom is 0.410 e. The van der Waals surface area contributed by atoms with E-state index in [0.29, 0.717) is 11.6 Å². The predicted octanol–water partition coefficient (Wildman–Crippen LogP) is 4.33. The second-order valence-electron chi connectivity index (χ2n) is 7.02. The molecule has 1 fully saturated rings. The number of halogens is 1. The van der Waals surface area contributed by atoms with Crippen molar-refractivity contribution < 1.29 is 9.53 Å². The quantitative estimate of drug-likeness (QED) is 0.843. The van der Waals surface area contributed by atoms with E-state index in [0.717, 1.165) is 36.2 Å². The van der Waals surface area contributed by atoms with E-state index in [1.165, 1.54) is 0 Å². The number of nitrogens with one attached hydrogen (secondary N) is 1. The van der Waals surface area contributed by atoms with Crippen molar-refractivity contribution in [3.05, 3.63) is 29.0 Å². The number of fused-ring (bicyclic) bond motifs is 1. The van der Waals surface area contributed by atoms with E-state index in [1.54, 1.807) is 4.90 Å². The molecule has 5 nitrogen and oxygen atoms in total. The van der Waals surface area contributed by atoms with Gasteiger partial charge in [0.15, 0.2) is 0 Å². The zero-order valence-corrected chi connectivity index (χ0v) is 14.5. The van der Waals surface area contributed by atoms with E-state index < -0.39 is 5.60 Å². The molecule has 1 amide bonds. The molecule has 1 aromatic heterocycles. The first-order valence-electron chi connectivity index (χ1n) is 7.95. The van der Waals surface area contributed by atoms with Crippen LogP contribution in [0.25, 0.3) is 11.0 Å². The van der Waals surface area contributed by atoms with Gasteiger partial charge in [0.1, 0.15) is 16.9 Å². The normalized spacial score (nSPS) is 19.1. The van der Waals surface area contributed by atoms with E-state index in [9.17, 15) is 4.79 Å². The summed E-state index contributed by atoms with van der Waals surface area (Å²) in [7, 11) is 0. The summed E-state index contributed by atoms with van der Waals surface area (Å²) < 4.78 is 5.47. The number of hydrogen-bond donors (Lipinski definition) is 1. The number of hydrogen-bond acceptors (Lipinski definition) is 3. The molecule has 0 unspecified atom stereocenters. The van der Waals surface area contributed by atoms with Gasteiger partial charge < -0.3 is 14.6 Å². The minimum absolute atomic E-state index is 0.180. The van der Waals surface area contributed by atoms with Crippen molar-refractivity contribution in [1.82, 2.24) is 14.9 Å². The van der Waals surface area contributed by atoms with Crippen LogP contribution in [0.4, 0.5) is 4.79 Å². The number of rotatable bonds is 1. The van der Waals surface area contributed by atoms with Crippen LogP contribution in [0.1, 0.15) is 45.4 Å². The lowest BCUT2D eigenvalue weighted by Crippen LogP contribution is -2.42. The summed E-state index contributed by atoms with van der Waals surface area (Å²) in [6, 6.07) is 5.70. The first-order valence-corrected chi connectivity index (χ1v) is 8.33. The third-order valence-corrected chi connectivity index (χ3v) is 4.25. The molecule has 1 aliphatic heterocycles. The van der Waals surface area contributed by atoms with Crippen molar-refractivity contribution >= 4 is 28.7 Å². The van der Waals surface area contributed by atoms with Crippen LogP contribution in [0.2, 0.25) is 5.02 Å². The molecule has 1 atom stereocenters. The lowest BCUT2D eigenvalue weighted by atomic mass is 9.98. The SMILES string of the molecule is CC(C)(C)OC(=O)N1CCC[C@@H](c2nc3c(Cl)cccc3[nH]2)C1. The number of carbonyl (C=O) groups excluding carboxylic acids is 1. The summed E-state index contributed by atoms with van der Waals surface area (Å²) >= 11 is 6.19. The van der Waals surface area contributed by atoms with Gasteiger partial charge in [0.05, 0.1) is 10.5 Å². The van der Waals surface area contributed by atoms with Crippen molar-refractivity contribution in [1.29, 1.82) is 0 Å². The molecule has 1 saturated heterocycles. The highest BCUT2D eigenvalue weighted by atomic mass is 35.5. The lowest BCUT2D eigenvalue weighted by Gasteiger charge is -2.33.